The summed E-state index contributed by atoms with van der Waals surface area (Å²) < 4.78 is 0. The van der Waals surface area contributed by atoms with Crippen LogP contribution in [0.5, 0.6) is 0 Å². The molecule has 2 saturated carbocycles. The summed E-state index contributed by atoms with van der Waals surface area (Å²) in [7, 11) is 0. The van der Waals surface area contributed by atoms with Crippen molar-refractivity contribution >= 4 is 5.69 Å². The van der Waals surface area contributed by atoms with E-state index in [2.05, 4.69) is 50.1 Å². The van der Waals surface area contributed by atoms with Gasteiger partial charge in [0.05, 0.1) is 0 Å². The first kappa shape index (κ1) is 12.0. The highest BCUT2D eigenvalue weighted by Crippen LogP contribution is 2.63. The van der Waals surface area contributed by atoms with Crippen LogP contribution in [-0.2, 0) is 0 Å². The van der Waals surface area contributed by atoms with Crippen LogP contribution >= 0.6 is 0 Å². The topological polar surface area (TPSA) is 24.9 Å². The second-order valence-corrected chi connectivity index (χ2v) is 7.18. The minimum atomic E-state index is 0.407. The largest absolute Gasteiger partial charge is 0.381 e. The Morgan fingerprint density at radius 3 is 2.72 bits per heavy atom. The molecule has 3 rings (SSSR count). The number of pyridine rings is 1. The lowest BCUT2D eigenvalue weighted by molar-refractivity contribution is 0.155. The molecule has 1 heterocycles. The van der Waals surface area contributed by atoms with Crippen molar-refractivity contribution in [2.75, 3.05) is 5.32 Å². The second kappa shape index (κ2) is 3.72. The zero-order valence-corrected chi connectivity index (χ0v) is 12.0. The molecule has 3 atom stereocenters. The highest BCUT2D eigenvalue weighted by molar-refractivity contribution is 5.46. The molecule has 0 spiro atoms. The Morgan fingerprint density at radius 2 is 2.11 bits per heavy atom. The van der Waals surface area contributed by atoms with E-state index in [-0.39, 0.29) is 0 Å². The summed E-state index contributed by atoms with van der Waals surface area (Å²) in [6.45, 7) is 9.40. The van der Waals surface area contributed by atoms with Crippen LogP contribution < -0.4 is 5.32 Å². The second-order valence-electron chi connectivity index (χ2n) is 7.18. The van der Waals surface area contributed by atoms with E-state index in [1.807, 2.05) is 6.20 Å². The van der Waals surface area contributed by atoms with E-state index < -0.39 is 0 Å². The van der Waals surface area contributed by atoms with Crippen molar-refractivity contribution in [3.63, 3.8) is 0 Å². The van der Waals surface area contributed by atoms with Crippen LogP contribution in [0.4, 0.5) is 5.69 Å². The summed E-state index contributed by atoms with van der Waals surface area (Å²) in [5.74, 6) is 0.892. The van der Waals surface area contributed by atoms with Crippen molar-refractivity contribution in [3.05, 3.63) is 24.0 Å². The molecule has 1 N–H and O–H groups in total. The molecule has 3 unspecified atom stereocenters. The standard InChI is InChI=1S/C16H24N2/c1-11-9-13(6-8-17-11)18-14-15(2,3)12-5-7-16(14,4)10-12/h6,8-9,12,14H,5,7,10H2,1-4H3,(H,17,18). The van der Waals surface area contributed by atoms with Crippen molar-refractivity contribution in [2.45, 2.75) is 53.0 Å². The summed E-state index contributed by atoms with van der Waals surface area (Å²) >= 11 is 0. The molecule has 18 heavy (non-hydrogen) atoms. The summed E-state index contributed by atoms with van der Waals surface area (Å²) in [5, 5.41) is 3.80. The van der Waals surface area contributed by atoms with Gasteiger partial charge < -0.3 is 5.32 Å². The van der Waals surface area contributed by atoms with Crippen LogP contribution in [-0.4, -0.2) is 11.0 Å². The molecular weight excluding hydrogens is 220 g/mol. The van der Waals surface area contributed by atoms with Crippen LogP contribution in [0.15, 0.2) is 18.3 Å². The first-order valence-electron chi connectivity index (χ1n) is 7.11. The minimum Gasteiger partial charge on any atom is -0.381 e. The van der Waals surface area contributed by atoms with Gasteiger partial charge in [-0.15, -0.1) is 0 Å². The Hall–Kier alpha value is -1.05. The Labute approximate surface area is 110 Å². The van der Waals surface area contributed by atoms with Crippen molar-refractivity contribution < 1.29 is 0 Å². The van der Waals surface area contributed by atoms with Gasteiger partial charge in [-0.25, -0.2) is 0 Å². The molecule has 2 bridgehead atoms. The molecule has 2 fully saturated rings. The first-order chi connectivity index (χ1) is 8.42. The quantitative estimate of drug-likeness (QED) is 0.850. The van der Waals surface area contributed by atoms with Crippen LogP contribution in [0, 0.1) is 23.7 Å². The van der Waals surface area contributed by atoms with E-state index in [1.54, 1.807) is 0 Å². The third-order valence-corrected chi connectivity index (χ3v) is 5.48. The van der Waals surface area contributed by atoms with Gasteiger partial charge in [0.15, 0.2) is 0 Å². The molecule has 0 aromatic carbocycles. The number of anilines is 1. The molecule has 0 aliphatic heterocycles. The van der Waals surface area contributed by atoms with Gasteiger partial charge in [0.2, 0.25) is 0 Å². The van der Waals surface area contributed by atoms with E-state index >= 15 is 0 Å². The summed E-state index contributed by atoms with van der Waals surface area (Å²) in [6.07, 6.45) is 6.09. The maximum atomic E-state index is 4.28. The number of fused-ring (bicyclic) bond motifs is 2. The lowest BCUT2D eigenvalue weighted by Gasteiger charge is -2.43. The molecule has 2 aliphatic carbocycles. The molecule has 1 aromatic heterocycles. The fourth-order valence-electron chi connectivity index (χ4n) is 4.46. The fraction of sp³-hybridized carbons (Fsp3) is 0.688. The lowest BCUT2D eigenvalue weighted by atomic mass is 9.68. The Bertz CT molecular complexity index is 461. The number of aryl methyl sites for hydroxylation is 1. The highest BCUT2D eigenvalue weighted by Gasteiger charge is 2.59. The van der Waals surface area contributed by atoms with Crippen molar-refractivity contribution in [1.82, 2.24) is 4.98 Å². The molecule has 0 saturated heterocycles. The van der Waals surface area contributed by atoms with Crippen molar-refractivity contribution in [1.29, 1.82) is 0 Å². The van der Waals surface area contributed by atoms with Crippen LogP contribution in [0.3, 0.4) is 0 Å². The summed E-state index contributed by atoms with van der Waals surface area (Å²) in [5.41, 5.74) is 3.20. The van der Waals surface area contributed by atoms with Gasteiger partial charge in [0, 0.05) is 23.6 Å². The van der Waals surface area contributed by atoms with Crippen LogP contribution in [0.25, 0.3) is 0 Å². The molecule has 0 amide bonds. The van der Waals surface area contributed by atoms with Gasteiger partial charge in [-0.3, -0.25) is 4.98 Å². The predicted molar refractivity (Wildman–Crippen MR) is 75.6 cm³/mol. The third-order valence-electron chi connectivity index (χ3n) is 5.48. The van der Waals surface area contributed by atoms with E-state index in [0.29, 0.717) is 16.9 Å². The summed E-state index contributed by atoms with van der Waals surface area (Å²) in [4.78, 5) is 4.28. The number of aromatic nitrogens is 1. The van der Waals surface area contributed by atoms with Crippen LogP contribution in [0.1, 0.15) is 45.7 Å². The van der Waals surface area contributed by atoms with E-state index in [0.717, 1.165) is 11.6 Å². The maximum Gasteiger partial charge on any atom is 0.0393 e. The molecule has 0 radical (unpaired) electrons. The van der Waals surface area contributed by atoms with Crippen LogP contribution in [0.2, 0.25) is 0 Å². The predicted octanol–water partition coefficient (Wildman–Crippen LogP) is 4.02. The molecular formula is C16H24N2. The van der Waals surface area contributed by atoms with Gasteiger partial charge in [-0.2, -0.15) is 0 Å². The van der Waals surface area contributed by atoms with Gasteiger partial charge in [0.25, 0.3) is 0 Å². The highest BCUT2D eigenvalue weighted by atomic mass is 15.0. The average Bonchev–Trinajstić information content (AvgIpc) is 2.76. The Morgan fingerprint density at radius 1 is 1.33 bits per heavy atom. The zero-order valence-electron chi connectivity index (χ0n) is 12.0. The zero-order chi connectivity index (χ0) is 13.0. The van der Waals surface area contributed by atoms with Gasteiger partial charge >= 0.3 is 0 Å². The molecule has 2 aliphatic rings. The first-order valence-corrected chi connectivity index (χ1v) is 7.11. The SMILES string of the molecule is Cc1cc(NC2C3(C)CCC(C3)C2(C)C)ccn1. The normalized spacial score (nSPS) is 36.9. The average molecular weight is 244 g/mol. The number of hydrogen-bond acceptors (Lipinski definition) is 2. The molecule has 1 aromatic rings. The van der Waals surface area contributed by atoms with Gasteiger partial charge in [-0.1, -0.05) is 20.8 Å². The van der Waals surface area contributed by atoms with Gasteiger partial charge in [-0.05, 0) is 55.1 Å². The Kier molecular flexibility index (Phi) is 2.48. The fourth-order valence-corrected chi connectivity index (χ4v) is 4.46. The number of hydrogen-bond donors (Lipinski definition) is 1. The van der Waals surface area contributed by atoms with E-state index in [1.165, 1.54) is 24.9 Å². The van der Waals surface area contributed by atoms with Gasteiger partial charge in [0.1, 0.15) is 0 Å². The molecule has 2 heteroatoms. The number of nitrogens with zero attached hydrogens (tertiary/aromatic N) is 1. The summed E-state index contributed by atoms with van der Waals surface area (Å²) in [6, 6.07) is 4.84. The number of rotatable bonds is 2. The molecule has 98 valence electrons. The lowest BCUT2D eigenvalue weighted by Crippen LogP contribution is -2.45. The molecule has 2 nitrogen and oxygen atoms in total. The maximum absolute atomic E-state index is 4.28. The monoisotopic (exact) mass is 244 g/mol. The van der Waals surface area contributed by atoms with Crippen molar-refractivity contribution in [2.24, 2.45) is 16.7 Å². The number of nitrogens with one attached hydrogen (secondary N) is 1. The Balaban J connectivity index is 1.88. The van der Waals surface area contributed by atoms with E-state index in [9.17, 15) is 0 Å². The van der Waals surface area contributed by atoms with Crippen molar-refractivity contribution in [3.8, 4) is 0 Å². The minimum absolute atomic E-state index is 0.407. The third kappa shape index (κ3) is 1.65. The smallest absolute Gasteiger partial charge is 0.0393 e. The van der Waals surface area contributed by atoms with E-state index in [4.69, 9.17) is 0 Å².